The molecule has 0 aliphatic rings. The Labute approximate surface area is 78.0 Å². The van der Waals surface area contributed by atoms with Gasteiger partial charge < -0.3 is 5.73 Å². The molecule has 0 aromatic carbocycles. The molecule has 1 aromatic rings. The Balaban J connectivity index is 2.46. The second-order valence-corrected chi connectivity index (χ2v) is 3.26. The first-order valence-electron chi connectivity index (χ1n) is 4.34. The molecule has 0 aliphatic heterocycles. The van der Waals surface area contributed by atoms with Crippen LogP contribution in [-0.4, -0.2) is 16.8 Å². The third kappa shape index (κ3) is 3.80. The number of hydrogen-bond acceptors (Lipinski definition) is 3. The van der Waals surface area contributed by atoms with Crippen molar-refractivity contribution in [3.63, 3.8) is 0 Å². The molecule has 0 spiro atoms. The molecule has 0 saturated heterocycles. The minimum atomic E-state index is -0.0517. The van der Waals surface area contributed by atoms with Crippen molar-refractivity contribution in [3.8, 4) is 0 Å². The van der Waals surface area contributed by atoms with Crippen LogP contribution in [0.5, 0.6) is 0 Å². The number of nitrogens with two attached hydrogens (primary N) is 1. The van der Waals surface area contributed by atoms with Crippen molar-refractivity contribution >= 4 is 5.78 Å². The van der Waals surface area contributed by atoms with Crippen LogP contribution in [0.1, 0.15) is 18.9 Å². The SMILES string of the molecule is CC(N)CC(=O)Cc1cccnc1. The van der Waals surface area contributed by atoms with Crippen molar-refractivity contribution in [2.75, 3.05) is 0 Å². The second kappa shape index (κ2) is 4.72. The third-order valence-corrected chi connectivity index (χ3v) is 1.67. The highest BCUT2D eigenvalue weighted by Gasteiger charge is 2.05. The van der Waals surface area contributed by atoms with Gasteiger partial charge in [0.25, 0.3) is 0 Å². The van der Waals surface area contributed by atoms with Gasteiger partial charge in [0.05, 0.1) is 0 Å². The van der Waals surface area contributed by atoms with Crippen LogP contribution in [0.2, 0.25) is 0 Å². The summed E-state index contributed by atoms with van der Waals surface area (Å²) in [4.78, 5) is 15.2. The minimum absolute atomic E-state index is 0.0517. The van der Waals surface area contributed by atoms with Crippen LogP contribution in [-0.2, 0) is 11.2 Å². The van der Waals surface area contributed by atoms with E-state index in [4.69, 9.17) is 5.73 Å². The lowest BCUT2D eigenvalue weighted by molar-refractivity contribution is -0.118. The van der Waals surface area contributed by atoms with Gasteiger partial charge in [-0.05, 0) is 18.6 Å². The number of pyridine rings is 1. The lowest BCUT2D eigenvalue weighted by Crippen LogP contribution is -2.20. The number of aromatic nitrogens is 1. The van der Waals surface area contributed by atoms with E-state index in [0.717, 1.165) is 5.56 Å². The minimum Gasteiger partial charge on any atom is -0.328 e. The van der Waals surface area contributed by atoms with Gasteiger partial charge in [0.1, 0.15) is 5.78 Å². The number of nitrogens with zero attached hydrogens (tertiary/aromatic N) is 1. The summed E-state index contributed by atoms with van der Waals surface area (Å²) in [5, 5.41) is 0. The fourth-order valence-electron chi connectivity index (χ4n) is 1.16. The first-order valence-corrected chi connectivity index (χ1v) is 4.34. The summed E-state index contributed by atoms with van der Waals surface area (Å²) in [5.41, 5.74) is 6.46. The number of ketones is 1. The zero-order chi connectivity index (χ0) is 9.68. The fraction of sp³-hybridized carbons (Fsp3) is 0.400. The molecule has 0 saturated carbocycles. The smallest absolute Gasteiger partial charge is 0.138 e. The Morgan fingerprint density at radius 3 is 3.00 bits per heavy atom. The summed E-state index contributed by atoms with van der Waals surface area (Å²) in [7, 11) is 0. The monoisotopic (exact) mass is 178 g/mol. The van der Waals surface area contributed by atoms with E-state index < -0.39 is 0 Å². The van der Waals surface area contributed by atoms with Crippen LogP contribution in [0.3, 0.4) is 0 Å². The average molecular weight is 178 g/mol. The second-order valence-electron chi connectivity index (χ2n) is 3.26. The summed E-state index contributed by atoms with van der Waals surface area (Å²) in [5.74, 6) is 0.169. The summed E-state index contributed by atoms with van der Waals surface area (Å²) >= 11 is 0. The summed E-state index contributed by atoms with van der Waals surface area (Å²) in [6.07, 6.45) is 4.28. The Bertz CT molecular complexity index is 270. The van der Waals surface area contributed by atoms with Crippen LogP contribution in [0.4, 0.5) is 0 Å². The molecule has 0 radical (unpaired) electrons. The topological polar surface area (TPSA) is 56.0 Å². The quantitative estimate of drug-likeness (QED) is 0.746. The zero-order valence-electron chi connectivity index (χ0n) is 7.73. The average Bonchev–Trinajstić information content (AvgIpc) is 2.04. The maximum atomic E-state index is 11.3. The van der Waals surface area contributed by atoms with Crippen molar-refractivity contribution in [2.45, 2.75) is 25.8 Å². The lowest BCUT2D eigenvalue weighted by atomic mass is 10.1. The number of Topliss-reactive ketones (excluding diaryl/α,β-unsaturated/α-hetero) is 1. The highest BCUT2D eigenvalue weighted by Crippen LogP contribution is 2.00. The Morgan fingerprint density at radius 1 is 1.69 bits per heavy atom. The molecule has 3 heteroatoms. The van der Waals surface area contributed by atoms with Crippen LogP contribution >= 0.6 is 0 Å². The van der Waals surface area contributed by atoms with Gasteiger partial charge in [-0.3, -0.25) is 9.78 Å². The van der Waals surface area contributed by atoms with Crippen molar-refractivity contribution in [2.24, 2.45) is 5.73 Å². The summed E-state index contributed by atoms with van der Waals surface area (Å²) in [6.45, 7) is 1.83. The number of hydrogen-bond donors (Lipinski definition) is 1. The third-order valence-electron chi connectivity index (χ3n) is 1.67. The van der Waals surface area contributed by atoms with E-state index in [1.807, 2.05) is 19.1 Å². The molecular formula is C10H14N2O. The van der Waals surface area contributed by atoms with Crippen molar-refractivity contribution in [1.29, 1.82) is 0 Å². The van der Waals surface area contributed by atoms with Crippen molar-refractivity contribution in [1.82, 2.24) is 4.98 Å². The first kappa shape index (κ1) is 9.86. The van der Waals surface area contributed by atoms with E-state index in [-0.39, 0.29) is 11.8 Å². The standard InChI is InChI=1S/C10H14N2O/c1-8(11)5-10(13)6-9-3-2-4-12-7-9/h2-4,7-8H,5-6,11H2,1H3. The normalized spacial score (nSPS) is 12.5. The Morgan fingerprint density at radius 2 is 2.46 bits per heavy atom. The molecule has 13 heavy (non-hydrogen) atoms. The molecule has 1 aromatic heterocycles. The van der Waals surface area contributed by atoms with Crippen LogP contribution in [0.25, 0.3) is 0 Å². The van der Waals surface area contributed by atoms with E-state index in [1.54, 1.807) is 12.4 Å². The molecule has 2 N–H and O–H groups in total. The number of carbonyl (C=O) groups is 1. The molecule has 70 valence electrons. The highest BCUT2D eigenvalue weighted by atomic mass is 16.1. The van der Waals surface area contributed by atoms with E-state index in [1.165, 1.54) is 0 Å². The molecular weight excluding hydrogens is 164 g/mol. The molecule has 3 nitrogen and oxygen atoms in total. The van der Waals surface area contributed by atoms with Gasteiger partial charge in [0.15, 0.2) is 0 Å². The molecule has 0 aliphatic carbocycles. The molecule has 0 fully saturated rings. The van der Waals surface area contributed by atoms with Gasteiger partial charge in [-0.2, -0.15) is 0 Å². The first-order chi connectivity index (χ1) is 6.18. The molecule has 1 unspecified atom stereocenters. The zero-order valence-corrected chi connectivity index (χ0v) is 7.73. The van der Waals surface area contributed by atoms with Crippen molar-refractivity contribution in [3.05, 3.63) is 30.1 Å². The predicted molar refractivity (Wildman–Crippen MR) is 51.2 cm³/mol. The highest BCUT2D eigenvalue weighted by molar-refractivity contribution is 5.81. The maximum absolute atomic E-state index is 11.3. The molecule has 1 rings (SSSR count). The van der Waals surface area contributed by atoms with Gasteiger partial charge in [-0.1, -0.05) is 6.07 Å². The van der Waals surface area contributed by atoms with Crippen LogP contribution < -0.4 is 5.73 Å². The molecule has 0 amide bonds. The number of carbonyl (C=O) groups excluding carboxylic acids is 1. The molecule has 1 heterocycles. The fourth-order valence-corrected chi connectivity index (χ4v) is 1.16. The van der Waals surface area contributed by atoms with E-state index >= 15 is 0 Å². The lowest BCUT2D eigenvalue weighted by Gasteiger charge is -2.03. The Kier molecular flexibility index (Phi) is 3.58. The van der Waals surface area contributed by atoms with Crippen LogP contribution in [0, 0.1) is 0 Å². The van der Waals surface area contributed by atoms with Crippen molar-refractivity contribution < 1.29 is 4.79 Å². The van der Waals surface area contributed by atoms with Gasteiger partial charge in [0, 0.05) is 31.3 Å². The van der Waals surface area contributed by atoms with Gasteiger partial charge in [-0.25, -0.2) is 0 Å². The number of rotatable bonds is 4. The van der Waals surface area contributed by atoms with Gasteiger partial charge >= 0.3 is 0 Å². The predicted octanol–water partition coefficient (Wildman–Crippen LogP) is 0.930. The molecule has 1 atom stereocenters. The summed E-state index contributed by atoms with van der Waals surface area (Å²) in [6, 6.07) is 3.67. The van der Waals surface area contributed by atoms with E-state index in [9.17, 15) is 4.79 Å². The largest absolute Gasteiger partial charge is 0.328 e. The van der Waals surface area contributed by atoms with E-state index in [2.05, 4.69) is 4.98 Å². The van der Waals surface area contributed by atoms with Crippen LogP contribution in [0.15, 0.2) is 24.5 Å². The van der Waals surface area contributed by atoms with Gasteiger partial charge in [-0.15, -0.1) is 0 Å². The van der Waals surface area contributed by atoms with Gasteiger partial charge in [0.2, 0.25) is 0 Å². The Hall–Kier alpha value is -1.22. The molecule has 0 bridgehead atoms. The maximum Gasteiger partial charge on any atom is 0.138 e. The van der Waals surface area contributed by atoms with E-state index in [0.29, 0.717) is 12.8 Å². The summed E-state index contributed by atoms with van der Waals surface area (Å²) < 4.78 is 0.